The van der Waals surface area contributed by atoms with E-state index in [1.165, 1.54) is 13.4 Å². The van der Waals surface area contributed by atoms with Crippen molar-refractivity contribution in [3.05, 3.63) is 17.6 Å². The third kappa shape index (κ3) is 1.83. The van der Waals surface area contributed by atoms with Gasteiger partial charge < -0.3 is 4.74 Å². The summed E-state index contributed by atoms with van der Waals surface area (Å²) < 4.78 is 4.94. The van der Waals surface area contributed by atoms with Gasteiger partial charge in [-0.15, -0.1) is 0 Å². The molecule has 1 heterocycles. The summed E-state index contributed by atoms with van der Waals surface area (Å²) in [6.07, 6.45) is 2.13. The average molecular weight is 180 g/mol. The molecule has 1 rings (SSSR count). The third-order valence-corrected chi connectivity index (χ3v) is 1.74. The standard InChI is InChI=1S/C9H12N2O2/c1-6(2)8-7(4-12)9(13-3)11-5-10-8/h4-6H,1-3H3. The molecule has 0 amide bonds. The summed E-state index contributed by atoms with van der Waals surface area (Å²) in [5, 5.41) is 0. The van der Waals surface area contributed by atoms with Gasteiger partial charge in [0.1, 0.15) is 6.33 Å². The lowest BCUT2D eigenvalue weighted by Crippen LogP contribution is -2.03. The molecule has 0 aromatic carbocycles. The van der Waals surface area contributed by atoms with Crippen LogP contribution in [0.5, 0.6) is 5.88 Å². The van der Waals surface area contributed by atoms with Crippen molar-refractivity contribution in [1.29, 1.82) is 0 Å². The first-order valence-electron chi connectivity index (χ1n) is 4.04. The number of nitrogens with zero attached hydrogens (tertiary/aromatic N) is 2. The zero-order chi connectivity index (χ0) is 9.84. The molecule has 0 saturated carbocycles. The Labute approximate surface area is 77.0 Å². The summed E-state index contributed by atoms with van der Waals surface area (Å²) in [6.45, 7) is 3.93. The summed E-state index contributed by atoms with van der Waals surface area (Å²) in [5.41, 5.74) is 1.17. The van der Waals surface area contributed by atoms with Gasteiger partial charge in [-0.2, -0.15) is 0 Å². The summed E-state index contributed by atoms with van der Waals surface area (Å²) >= 11 is 0. The average Bonchev–Trinajstić information content (AvgIpc) is 2.16. The molecule has 1 aromatic heterocycles. The highest BCUT2D eigenvalue weighted by atomic mass is 16.5. The Hall–Kier alpha value is -1.45. The van der Waals surface area contributed by atoms with Crippen LogP contribution in [0.15, 0.2) is 6.33 Å². The number of carbonyl (C=O) groups excluding carboxylic acids is 1. The number of rotatable bonds is 3. The molecular weight excluding hydrogens is 168 g/mol. The highest BCUT2D eigenvalue weighted by Gasteiger charge is 2.13. The first-order chi connectivity index (χ1) is 6.20. The van der Waals surface area contributed by atoms with E-state index in [-0.39, 0.29) is 5.92 Å². The van der Waals surface area contributed by atoms with Crippen LogP contribution in [-0.4, -0.2) is 23.4 Å². The number of aromatic nitrogens is 2. The van der Waals surface area contributed by atoms with Crippen molar-refractivity contribution in [2.24, 2.45) is 0 Å². The van der Waals surface area contributed by atoms with Crippen LogP contribution in [0.3, 0.4) is 0 Å². The molecule has 70 valence electrons. The van der Waals surface area contributed by atoms with Crippen molar-refractivity contribution in [3.8, 4) is 5.88 Å². The predicted octanol–water partition coefficient (Wildman–Crippen LogP) is 1.42. The molecular formula is C9H12N2O2. The lowest BCUT2D eigenvalue weighted by atomic mass is 10.1. The minimum absolute atomic E-state index is 0.192. The number of aldehydes is 1. The van der Waals surface area contributed by atoms with E-state index in [9.17, 15) is 4.79 Å². The maximum atomic E-state index is 10.8. The number of hydrogen-bond acceptors (Lipinski definition) is 4. The zero-order valence-electron chi connectivity index (χ0n) is 7.94. The molecule has 0 unspecified atom stereocenters. The van der Waals surface area contributed by atoms with Gasteiger partial charge in [0.2, 0.25) is 5.88 Å². The van der Waals surface area contributed by atoms with Gasteiger partial charge in [0.05, 0.1) is 18.4 Å². The summed E-state index contributed by atoms with van der Waals surface area (Å²) in [4.78, 5) is 18.6. The summed E-state index contributed by atoms with van der Waals surface area (Å²) in [6, 6.07) is 0. The predicted molar refractivity (Wildman–Crippen MR) is 48.1 cm³/mol. The number of carbonyl (C=O) groups is 1. The van der Waals surface area contributed by atoms with Crippen LogP contribution < -0.4 is 4.74 Å². The molecule has 0 radical (unpaired) electrons. The van der Waals surface area contributed by atoms with E-state index in [2.05, 4.69) is 9.97 Å². The van der Waals surface area contributed by atoms with E-state index < -0.39 is 0 Å². The second-order valence-electron chi connectivity index (χ2n) is 2.95. The highest BCUT2D eigenvalue weighted by molar-refractivity contribution is 5.79. The van der Waals surface area contributed by atoms with E-state index in [1.807, 2.05) is 13.8 Å². The molecule has 1 aromatic rings. The third-order valence-electron chi connectivity index (χ3n) is 1.74. The van der Waals surface area contributed by atoms with Crippen molar-refractivity contribution in [1.82, 2.24) is 9.97 Å². The van der Waals surface area contributed by atoms with Gasteiger partial charge in [0.25, 0.3) is 0 Å². The van der Waals surface area contributed by atoms with Crippen LogP contribution in [0.2, 0.25) is 0 Å². The monoisotopic (exact) mass is 180 g/mol. The van der Waals surface area contributed by atoms with Crippen molar-refractivity contribution in [3.63, 3.8) is 0 Å². The Balaban J connectivity index is 3.27. The topological polar surface area (TPSA) is 52.1 Å². The minimum Gasteiger partial charge on any atom is -0.480 e. The first-order valence-corrected chi connectivity index (χ1v) is 4.04. The van der Waals surface area contributed by atoms with Crippen LogP contribution in [-0.2, 0) is 0 Å². The van der Waals surface area contributed by atoms with Gasteiger partial charge in [-0.05, 0) is 5.92 Å². The van der Waals surface area contributed by atoms with Crippen LogP contribution in [0, 0.1) is 0 Å². The number of ether oxygens (including phenoxy) is 1. The second kappa shape index (κ2) is 3.98. The molecule has 0 spiro atoms. The Bertz CT molecular complexity index is 310. The molecule has 0 atom stereocenters. The molecule has 0 aliphatic rings. The molecule has 0 saturated heterocycles. The molecule has 0 N–H and O–H groups in total. The van der Waals surface area contributed by atoms with Crippen LogP contribution in [0.25, 0.3) is 0 Å². The minimum atomic E-state index is 0.192. The zero-order valence-corrected chi connectivity index (χ0v) is 7.94. The van der Waals surface area contributed by atoms with Gasteiger partial charge >= 0.3 is 0 Å². The van der Waals surface area contributed by atoms with E-state index in [4.69, 9.17) is 4.74 Å². The molecule has 4 nitrogen and oxygen atoms in total. The largest absolute Gasteiger partial charge is 0.480 e. The smallest absolute Gasteiger partial charge is 0.227 e. The van der Waals surface area contributed by atoms with Gasteiger partial charge in [0.15, 0.2) is 6.29 Å². The first kappa shape index (κ1) is 9.64. The van der Waals surface area contributed by atoms with Gasteiger partial charge in [-0.25, -0.2) is 9.97 Å². The van der Waals surface area contributed by atoms with Crippen molar-refractivity contribution in [2.75, 3.05) is 7.11 Å². The van der Waals surface area contributed by atoms with Gasteiger partial charge in [-0.3, -0.25) is 4.79 Å². The molecule has 4 heteroatoms. The fourth-order valence-corrected chi connectivity index (χ4v) is 1.13. The number of hydrogen-bond donors (Lipinski definition) is 0. The Morgan fingerprint density at radius 1 is 1.46 bits per heavy atom. The maximum Gasteiger partial charge on any atom is 0.227 e. The van der Waals surface area contributed by atoms with Crippen LogP contribution >= 0.6 is 0 Å². The van der Waals surface area contributed by atoms with Crippen molar-refractivity contribution >= 4 is 6.29 Å². The van der Waals surface area contributed by atoms with E-state index in [0.29, 0.717) is 11.4 Å². The quantitative estimate of drug-likeness (QED) is 0.660. The molecule has 0 aliphatic heterocycles. The highest BCUT2D eigenvalue weighted by Crippen LogP contribution is 2.21. The Kier molecular flexibility index (Phi) is 2.95. The summed E-state index contributed by atoms with van der Waals surface area (Å²) in [5.74, 6) is 0.533. The SMILES string of the molecule is COc1ncnc(C(C)C)c1C=O. The molecule has 0 aliphatic carbocycles. The lowest BCUT2D eigenvalue weighted by molar-refractivity contribution is 0.111. The molecule has 0 bridgehead atoms. The maximum absolute atomic E-state index is 10.8. The Morgan fingerprint density at radius 2 is 2.15 bits per heavy atom. The second-order valence-corrected chi connectivity index (χ2v) is 2.95. The van der Waals surface area contributed by atoms with Gasteiger partial charge in [0, 0.05) is 0 Å². The fraction of sp³-hybridized carbons (Fsp3) is 0.444. The van der Waals surface area contributed by atoms with E-state index in [1.54, 1.807) is 0 Å². The molecule has 0 fully saturated rings. The normalized spacial score (nSPS) is 10.2. The number of methoxy groups -OCH3 is 1. The fourth-order valence-electron chi connectivity index (χ4n) is 1.13. The summed E-state index contributed by atoms with van der Waals surface area (Å²) in [7, 11) is 1.49. The Morgan fingerprint density at radius 3 is 2.62 bits per heavy atom. The van der Waals surface area contributed by atoms with Crippen molar-refractivity contribution in [2.45, 2.75) is 19.8 Å². The molecule has 13 heavy (non-hydrogen) atoms. The van der Waals surface area contributed by atoms with Crippen LogP contribution in [0.4, 0.5) is 0 Å². The van der Waals surface area contributed by atoms with Crippen molar-refractivity contribution < 1.29 is 9.53 Å². The van der Waals surface area contributed by atoms with Gasteiger partial charge in [-0.1, -0.05) is 13.8 Å². The van der Waals surface area contributed by atoms with Crippen LogP contribution in [0.1, 0.15) is 35.8 Å². The van der Waals surface area contributed by atoms with E-state index >= 15 is 0 Å². The lowest BCUT2D eigenvalue weighted by Gasteiger charge is -2.08. The van der Waals surface area contributed by atoms with E-state index in [0.717, 1.165) is 12.0 Å².